The summed E-state index contributed by atoms with van der Waals surface area (Å²) in [7, 11) is 2.12. The predicted octanol–water partition coefficient (Wildman–Crippen LogP) is 4.85. The van der Waals surface area contributed by atoms with E-state index >= 15 is 0 Å². The van der Waals surface area contributed by atoms with Crippen LogP contribution in [-0.4, -0.2) is 13.1 Å². The summed E-state index contributed by atoms with van der Waals surface area (Å²) in [6.45, 7) is 3.09. The second kappa shape index (κ2) is 6.39. The van der Waals surface area contributed by atoms with Gasteiger partial charge in [-0.05, 0) is 48.9 Å². The summed E-state index contributed by atoms with van der Waals surface area (Å²) in [4.78, 5) is 3.64. The number of nitrogens with one attached hydrogen (secondary N) is 1. The molecule has 3 rings (SSSR count). The van der Waals surface area contributed by atoms with Crippen LogP contribution < -0.4 is 10.2 Å². The van der Waals surface area contributed by atoms with Crippen LogP contribution in [0, 0.1) is 0 Å². The monoisotopic (exact) mass is 320 g/mol. The molecule has 0 amide bonds. The van der Waals surface area contributed by atoms with Crippen molar-refractivity contribution < 1.29 is 0 Å². The molecule has 4 heteroatoms. The quantitative estimate of drug-likeness (QED) is 0.818. The molecule has 0 aliphatic heterocycles. The number of rotatable bonds is 6. The first kappa shape index (κ1) is 14.9. The van der Waals surface area contributed by atoms with E-state index in [1.165, 1.54) is 23.3 Å². The van der Waals surface area contributed by atoms with Gasteiger partial charge in [-0.3, -0.25) is 0 Å². The van der Waals surface area contributed by atoms with Crippen LogP contribution in [-0.2, 0) is 6.54 Å². The Labute approximate surface area is 135 Å². The first-order chi connectivity index (χ1) is 10.1. The highest BCUT2D eigenvalue weighted by atomic mass is 35.5. The van der Waals surface area contributed by atoms with Crippen molar-refractivity contribution in [3.63, 3.8) is 0 Å². The number of hydrogen-bond donors (Lipinski definition) is 1. The molecule has 2 aromatic rings. The Morgan fingerprint density at radius 2 is 2.19 bits per heavy atom. The highest BCUT2D eigenvalue weighted by Gasteiger charge is 2.20. The van der Waals surface area contributed by atoms with Gasteiger partial charge in [0.1, 0.15) is 0 Å². The van der Waals surface area contributed by atoms with Gasteiger partial charge >= 0.3 is 0 Å². The molecule has 0 spiro atoms. The van der Waals surface area contributed by atoms with Crippen LogP contribution in [0.5, 0.6) is 0 Å². The van der Waals surface area contributed by atoms with Gasteiger partial charge in [0.05, 0.1) is 6.04 Å². The molecule has 1 N–H and O–H groups in total. The van der Waals surface area contributed by atoms with E-state index < -0.39 is 0 Å². The van der Waals surface area contributed by atoms with E-state index in [1.54, 1.807) is 11.3 Å². The van der Waals surface area contributed by atoms with Crippen LogP contribution in [0.15, 0.2) is 35.7 Å². The van der Waals surface area contributed by atoms with Gasteiger partial charge in [0.15, 0.2) is 0 Å². The molecule has 1 aliphatic carbocycles. The SMILES string of the molecule is CC(c1cccs1)N(C)c1ccc(CNC2CC2)c(Cl)c1. The zero-order valence-electron chi connectivity index (χ0n) is 12.5. The third-order valence-electron chi connectivity index (χ3n) is 4.14. The highest BCUT2D eigenvalue weighted by molar-refractivity contribution is 7.10. The number of nitrogens with zero attached hydrogens (tertiary/aromatic N) is 1. The molecular weight excluding hydrogens is 300 g/mol. The molecule has 1 fully saturated rings. The summed E-state index contributed by atoms with van der Waals surface area (Å²) in [6.07, 6.45) is 2.60. The van der Waals surface area contributed by atoms with E-state index in [-0.39, 0.29) is 0 Å². The summed E-state index contributed by atoms with van der Waals surface area (Å²) in [6, 6.07) is 11.7. The number of hydrogen-bond acceptors (Lipinski definition) is 3. The lowest BCUT2D eigenvalue weighted by Gasteiger charge is -2.26. The minimum absolute atomic E-state index is 0.358. The van der Waals surface area contributed by atoms with Gasteiger partial charge in [0, 0.05) is 35.2 Å². The zero-order chi connectivity index (χ0) is 14.8. The van der Waals surface area contributed by atoms with E-state index in [2.05, 4.69) is 59.9 Å². The summed E-state index contributed by atoms with van der Waals surface area (Å²) in [5, 5.41) is 6.49. The molecule has 1 atom stereocenters. The van der Waals surface area contributed by atoms with Crippen LogP contribution in [0.25, 0.3) is 0 Å². The molecule has 1 aromatic heterocycles. The molecule has 21 heavy (non-hydrogen) atoms. The van der Waals surface area contributed by atoms with E-state index in [0.717, 1.165) is 17.3 Å². The Balaban J connectivity index is 1.71. The van der Waals surface area contributed by atoms with Gasteiger partial charge in [-0.2, -0.15) is 0 Å². The number of benzene rings is 1. The van der Waals surface area contributed by atoms with Crippen molar-refractivity contribution in [3.8, 4) is 0 Å². The van der Waals surface area contributed by atoms with Gasteiger partial charge in [-0.15, -0.1) is 11.3 Å². The van der Waals surface area contributed by atoms with E-state index in [4.69, 9.17) is 11.6 Å². The van der Waals surface area contributed by atoms with Crippen molar-refractivity contribution in [2.75, 3.05) is 11.9 Å². The smallest absolute Gasteiger partial charge is 0.0603 e. The van der Waals surface area contributed by atoms with Crippen molar-refractivity contribution in [1.82, 2.24) is 5.32 Å². The lowest BCUT2D eigenvalue weighted by Crippen LogP contribution is -2.21. The van der Waals surface area contributed by atoms with Crippen LogP contribution in [0.4, 0.5) is 5.69 Å². The van der Waals surface area contributed by atoms with E-state index in [9.17, 15) is 0 Å². The fraction of sp³-hybridized carbons (Fsp3) is 0.412. The van der Waals surface area contributed by atoms with Crippen molar-refractivity contribution in [2.45, 2.75) is 38.4 Å². The maximum absolute atomic E-state index is 6.44. The normalized spacial score (nSPS) is 16.0. The Morgan fingerprint density at radius 1 is 1.38 bits per heavy atom. The Kier molecular flexibility index (Phi) is 4.53. The molecule has 0 bridgehead atoms. The maximum atomic E-state index is 6.44. The fourth-order valence-electron chi connectivity index (χ4n) is 2.38. The fourth-order valence-corrected chi connectivity index (χ4v) is 3.45. The molecule has 1 saturated carbocycles. The third-order valence-corrected chi connectivity index (χ3v) is 5.53. The maximum Gasteiger partial charge on any atom is 0.0603 e. The zero-order valence-corrected chi connectivity index (χ0v) is 14.0. The second-order valence-corrected chi connectivity index (χ2v) is 7.12. The van der Waals surface area contributed by atoms with Crippen LogP contribution in [0.2, 0.25) is 5.02 Å². The molecule has 0 saturated heterocycles. The molecular formula is C17H21ClN2S. The minimum Gasteiger partial charge on any atom is -0.367 e. The molecule has 1 aliphatic rings. The molecule has 1 heterocycles. The van der Waals surface area contributed by atoms with Crippen molar-refractivity contribution in [3.05, 3.63) is 51.2 Å². The summed E-state index contributed by atoms with van der Waals surface area (Å²) < 4.78 is 0. The van der Waals surface area contributed by atoms with Gasteiger partial charge < -0.3 is 10.2 Å². The van der Waals surface area contributed by atoms with E-state index in [0.29, 0.717) is 12.1 Å². The summed E-state index contributed by atoms with van der Waals surface area (Å²) in [5.41, 5.74) is 2.35. The number of thiophene rings is 1. The Bertz CT molecular complexity index is 593. The summed E-state index contributed by atoms with van der Waals surface area (Å²) in [5.74, 6) is 0. The molecule has 1 aromatic carbocycles. The number of halogens is 1. The van der Waals surface area contributed by atoms with E-state index in [1.807, 2.05) is 0 Å². The lowest BCUT2D eigenvalue weighted by atomic mass is 10.1. The first-order valence-corrected chi connectivity index (χ1v) is 8.69. The third kappa shape index (κ3) is 3.60. The number of anilines is 1. The Hall–Kier alpha value is -1.03. The van der Waals surface area contributed by atoms with Crippen LogP contribution in [0.3, 0.4) is 0 Å². The van der Waals surface area contributed by atoms with Gasteiger partial charge in [-0.1, -0.05) is 23.7 Å². The first-order valence-electron chi connectivity index (χ1n) is 7.43. The average Bonchev–Trinajstić information content (AvgIpc) is 3.15. The molecule has 112 valence electrons. The van der Waals surface area contributed by atoms with Gasteiger partial charge in [-0.25, -0.2) is 0 Å². The van der Waals surface area contributed by atoms with Crippen LogP contribution >= 0.6 is 22.9 Å². The Morgan fingerprint density at radius 3 is 2.81 bits per heavy atom. The van der Waals surface area contributed by atoms with Crippen molar-refractivity contribution >= 4 is 28.6 Å². The molecule has 1 unspecified atom stereocenters. The summed E-state index contributed by atoms with van der Waals surface area (Å²) >= 11 is 8.24. The van der Waals surface area contributed by atoms with Gasteiger partial charge in [0.25, 0.3) is 0 Å². The predicted molar refractivity (Wildman–Crippen MR) is 92.5 cm³/mol. The molecule has 2 nitrogen and oxygen atoms in total. The topological polar surface area (TPSA) is 15.3 Å². The lowest BCUT2D eigenvalue weighted by molar-refractivity contribution is 0.687. The van der Waals surface area contributed by atoms with Crippen molar-refractivity contribution in [2.24, 2.45) is 0 Å². The van der Waals surface area contributed by atoms with Gasteiger partial charge in [0.2, 0.25) is 0 Å². The average molecular weight is 321 g/mol. The minimum atomic E-state index is 0.358. The van der Waals surface area contributed by atoms with Crippen molar-refractivity contribution in [1.29, 1.82) is 0 Å². The largest absolute Gasteiger partial charge is 0.367 e. The molecule has 0 radical (unpaired) electrons. The highest BCUT2D eigenvalue weighted by Crippen LogP contribution is 2.31. The van der Waals surface area contributed by atoms with Crippen LogP contribution in [0.1, 0.15) is 36.2 Å². The second-order valence-electron chi connectivity index (χ2n) is 5.73. The standard InChI is InChI=1S/C17H21ClN2S/c1-12(17-4-3-9-21-17)20(2)15-8-5-13(16(18)10-15)11-19-14-6-7-14/h3-5,8-10,12,14,19H,6-7,11H2,1-2H3.